The third-order valence-electron chi connectivity index (χ3n) is 3.00. The first kappa shape index (κ1) is 14.0. The molecule has 2 heterocycles. The Morgan fingerprint density at radius 2 is 2.11 bits per heavy atom. The number of aromatic nitrogens is 3. The van der Waals surface area contributed by atoms with Crippen molar-refractivity contribution in [2.75, 3.05) is 12.3 Å². The lowest BCUT2D eigenvalue weighted by atomic mass is 10.3. The van der Waals surface area contributed by atoms with Crippen molar-refractivity contribution in [2.24, 2.45) is 0 Å². The van der Waals surface area contributed by atoms with E-state index >= 15 is 0 Å². The Morgan fingerprint density at radius 1 is 1.37 bits per heavy atom. The van der Waals surface area contributed by atoms with Crippen LogP contribution in [0.15, 0.2) is 12.3 Å². The van der Waals surface area contributed by atoms with E-state index in [9.17, 15) is 0 Å². The SMILES string of the molecule is Cc1nn(COCC[Si](C)(C)C)c2ncc(N)cc12. The van der Waals surface area contributed by atoms with Gasteiger partial charge in [0.1, 0.15) is 6.73 Å². The van der Waals surface area contributed by atoms with Crippen LogP contribution in [-0.4, -0.2) is 29.4 Å². The lowest BCUT2D eigenvalue weighted by Crippen LogP contribution is -2.22. The largest absolute Gasteiger partial charge is 0.397 e. The lowest BCUT2D eigenvalue weighted by molar-refractivity contribution is 0.0811. The van der Waals surface area contributed by atoms with E-state index < -0.39 is 8.07 Å². The fourth-order valence-electron chi connectivity index (χ4n) is 1.85. The van der Waals surface area contributed by atoms with Gasteiger partial charge in [0.25, 0.3) is 0 Å². The molecule has 5 nitrogen and oxygen atoms in total. The van der Waals surface area contributed by atoms with Crippen LogP contribution in [0.1, 0.15) is 5.69 Å². The summed E-state index contributed by atoms with van der Waals surface area (Å²) < 4.78 is 7.51. The summed E-state index contributed by atoms with van der Waals surface area (Å²) in [6.07, 6.45) is 1.65. The summed E-state index contributed by atoms with van der Waals surface area (Å²) >= 11 is 0. The van der Waals surface area contributed by atoms with Crippen molar-refractivity contribution in [1.29, 1.82) is 0 Å². The second-order valence-electron chi connectivity index (χ2n) is 6.07. The third-order valence-corrected chi connectivity index (χ3v) is 4.71. The fourth-order valence-corrected chi connectivity index (χ4v) is 2.60. The number of hydrogen-bond acceptors (Lipinski definition) is 4. The van der Waals surface area contributed by atoms with Crippen LogP contribution >= 0.6 is 0 Å². The normalized spacial score (nSPS) is 12.2. The molecule has 0 aliphatic rings. The van der Waals surface area contributed by atoms with Gasteiger partial charge in [-0.2, -0.15) is 5.10 Å². The van der Waals surface area contributed by atoms with E-state index in [0.717, 1.165) is 29.4 Å². The van der Waals surface area contributed by atoms with Crippen LogP contribution in [0.3, 0.4) is 0 Å². The molecule has 0 saturated heterocycles. The van der Waals surface area contributed by atoms with Crippen LogP contribution in [0.4, 0.5) is 5.69 Å². The maximum absolute atomic E-state index is 5.75. The molecule has 0 aliphatic heterocycles. The quantitative estimate of drug-likeness (QED) is 0.674. The van der Waals surface area contributed by atoms with Gasteiger partial charge in [0.05, 0.1) is 17.6 Å². The number of fused-ring (bicyclic) bond motifs is 1. The number of nitrogens with zero attached hydrogens (tertiary/aromatic N) is 3. The number of pyridine rings is 1. The summed E-state index contributed by atoms with van der Waals surface area (Å²) in [6.45, 7) is 10.2. The van der Waals surface area contributed by atoms with E-state index in [-0.39, 0.29) is 0 Å². The predicted molar refractivity (Wildman–Crippen MR) is 80.8 cm³/mol. The highest BCUT2D eigenvalue weighted by Gasteiger charge is 2.13. The van der Waals surface area contributed by atoms with E-state index in [1.807, 2.05) is 13.0 Å². The molecule has 2 rings (SSSR count). The molecule has 0 fully saturated rings. The average Bonchev–Trinajstić information content (AvgIpc) is 2.60. The number of anilines is 1. The van der Waals surface area contributed by atoms with E-state index in [1.165, 1.54) is 0 Å². The van der Waals surface area contributed by atoms with Gasteiger partial charge in [-0.15, -0.1) is 0 Å². The van der Waals surface area contributed by atoms with Crippen molar-refractivity contribution in [3.63, 3.8) is 0 Å². The van der Waals surface area contributed by atoms with Gasteiger partial charge in [-0.05, 0) is 19.0 Å². The van der Waals surface area contributed by atoms with Crippen LogP contribution < -0.4 is 5.73 Å². The number of nitrogens with two attached hydrogens (primary N) is 1. The van der Waals surface area contributed by atoms with Crippen molar-refractivity contribution in [3.05, 3.63) is 18.0 Å². The molecule has 0 radical (unpaired) electrons. The Morgan fingerprint density at radius 3 is 2.79 bits per heavy atom. The Hall–Kier alpha value is -1.40. The molecule has 0 amide bonds. The predicted octanol–water partition coefficient (Wildman–Crippen LogP) is 2.63. The molecular weight excluding hydrogens is 256 g/mol. The molecular formula is C13H22N4OSi. The Balaban J connectivity index is 2.05. The number of rotatable bonds is 5. The van der Waals surface area contributed by atoms with Gasteiger partial charge in [0.15, 0.2) is 5.65 Å². The monoisotopic (exact) mass is 278 g/mol. The molecule has 2 N–H and O–H groups in total. The van der Waals surface area contributed by atoms with Gasteiger partial charge >= 0.3 is 0 Å². The Kier molecular flexibility index (Phi) is 3.91. The van der Waals surface area contributed by atoms with Crippen molar-refractivity contribution in [3.8, 4) is 0 Å². The van der Waals surface area contributed by atoms with Gasteiger partial charge in [-0.25, -0.2) is 9.67 Å². The molecule has 0 saturated carbocycles. The van der Waals surface area contributed by atoms with Crippen molar-refractivity contribution >= 4 is 24.8 Å². The summed E-state index contributed by atoms with van der Waals surface area (Å²) in [5.41, 5.74) is 8.17. The maximum Gasteiger partial charge on any atom is 0.160 e. The number of hydrogen-bond donors (Lipinski definition) is 1. The molecule has 2 aromatic heterocycles. The zero-order valence-electron chi connectivity index (χ0n) is 12.1. The van der Waals surface area contributed by atoms with Crippen LogP contribution in [0.25, 0.3) is 11.0 Å². The third kappa shape index (κ3) is 3.54. The van der Waals surface area contributed by atoms with E-state index in [2.05, 4.69) is 29.7 Å². The molecule has 0 aromatic carbocycles. The van der Waals surface area contributed by atoms with E-state index in [0.29, 0.717) is 12.4 Å². The Labute approximate surface area is 114 Å². The molecule has 0 unspecified atom stereocenters. The van der Waals surface area contributed by atoms with Crippen molar-refractivity contribution in [1.82, 2.24) is 14.8 Å². The first-order valence-corrected chi connectivity index (χ1v) is 10.2. The highest BCUT2D eigenvalue weighted by atomic mass is 28.3. The van der Waals surface area contributed by atoms with Gasteiger partial charge in [0.2, 0.25) is 0 Å². The van der Waals surface area contributed by atoms with Crippen molar-refractivity contribution in [2.45, 2.75) is 39.3 Å². The average molecular weight is 278 g/mol. The van der Waals surface area contributed by atoms with Crippen LogP contribution in [0, 0.1) is 6.92 Å². The number of aryl methyl sites for hydroxylation is 1. The summed E-state index contributed by atoms with van der Waals surface area (Å²) in [4.78, 5) is 4.33. The maximum atomic E-state index is 5.75. The van der Waals surface area contributed by atoms with Crippen LogP contribution in [0.2, 0.25) is 25.7 Å². The summed E-state index contributed by atoms with van der Waals surface area (Å²) in [7, 11) is -1.04. The lowest BCUT2D eigenvalue weighted by Gasteiger charge is -2.15. The van der Waals surface area contributed by atoms with E-state index in [1.54, 1.807) is 10.9 Å². The number of ether oxygens (including phenoxy) is 1. The highest BCUT2D eigenvalue weighted by Crippen LogP contribution is 2.18. The molecule has 0 atom stereocenters. The summed E-state index contributed by atoms with van der Waals surface area (Å²) in [5, 5.41) is 5.44. The zero-order chi connectivity index (χ0) is 14.0. The molecule has 2 aromatic rings. The first-order chi connectivity index (χ1) is 8.87. The molecule has 0 bridgehead atoms. The minimum atomic E-state index is -1.04. The minimum absolute atomic E-state index is 0.450. The van der Waals surface area contributed by atoms with Gasteiger partial charge in [0, 0.05) is 20.1 Å². The Bertz CT molecular complexity index is 574. The molecule has 0 spiro atoms. The summed E-state index contributed by atoms with van der Waals surface area (Å²) in [6, 6.07) is 3.06. The topological polar surface area (TPSA) is 66.0 Å². The second kappa shape index (κ2) is 5.30. The standard InChI is InChI=1S/C13H22N4OSi/c1-10-12-7-11(14)8-15-13(12)17(16-10)9-18-5-6-19(2,3)4/h7-8H,5-6,9,14H2,1-4H3. The van der Waals surface area contributed by atoms with Gasteiger partial charge in [-0.3, -0.25) is 0 Å². The second-order valence-corrected chi connectivity index (χ2v) is 11.7. The fraction of sp³-hybridized carbons (Fsp3) is 0.538. The van der Waals surface area contributed by atoms with Crippen LogP contribution in [0.5, 0.6) is 0 Å². The van der Waals surface area contributed by atoms with Gasteiger partial charge < -0.3 is 10.5 Å². The molecule has 19 heavy (non-hydrogen) atoms. The number of nitrogen functional groups attached to an aromatic ring is 1. The molecule has 0 aliphatic carbocycles. The zero-order valence-corrected chi connectivity index (χ0v) is 13.1. The van der Waals surface area contributed by atoms with Crippen molar-refractivity contribution < 1.29 is 4.74 Å². The summed E-state index contributed by atoms with van der Waals surface area (Å²) in [5.74, 6) is 0. The highest BCUT2D eigenvalue weighted by molar-refractivity contribution is 6.76. The minimum Gasteiger partial charge on any atom is -0.397 e. The van der Waals surface area contributed by atoms with Gasteiger partial charge in [-0.1, -0.05) is 19.6 Å². The smallest absolute Gasteiger partial charge is 0.160 e. The first-order valence-electron chi connectivity index (χ1n) is 6.53. The molecule has 104 valence electrons. The van der Waals surface area contributed by atoms with Crippen LogP contribution in [-0.2, 0) is 11.5 Å². The van der Waals surface area contributed by atoms with E-state index in [4.69, 9.17) is 10.5 Å². The molecule has 6 heteroatoms.